The lowest BCUT2D eigenvalue weighted by Gasteiger charge is -2.25. The molecule has 0 bridgehead atoms. The molecule has 1 atom stereocenters. The largest absolute Gasteiger partial charge is 0.383 e. The van der Waals surface area contributed by atoms with Crippen molar-refractivity contribution >= 4 is 0 Å². The maximum atomic E-state index is 5.06. The van der Waals surface area contributed by atoms with Crippen molar-refractivity contribution in [1.82, 2.24) is 5.32 Å². The van der Waals surface area contributed by atoms with Crippen molar-refractivity contribution in [1.29, 1.82) is 0 Å². The Bertz CT molecular complexity index is 349. The van der Waals surface area contributed by atoms with Crippen molar-refractivity contribution in [3.63, 3.8) is 0 Å². The Morgan fingerprint density at radius 3 is 3.06 bits per heavy atom. The van der Waals surface area contributed by atoms with Crippen molar-refractivity contribution in [2.45, 2.75) is 32.2 Å². The minimum Gasteiger partial charge on any atom is -0.383 e. The van der Waals surface area contributed by atoms with Crippen LogP contribution in [0.5, 0.6) is 0 Å². The number of rotatable bonds is 4. The number of aryl methyl sites for hydroxylation is 2. The maximum absolute atomic E-state index is 5.06. The lowest BCUT2D eigenvalue weighted by Crippen LogP contribution is -2.36. The Hall–Kier alpha value is -0.860. The third kappa shape index (κ3) is 2.83. The van der Waals surface area contributed by atoms with Gasteiger partial charge in [0.1, 0.15) is 0 Å². The van der Waals surface area contributed by atoms with Crippen LogP contribution in [-0.2, 0) is 17.6 Å². The van der Waals surface area contributed by atoms with Crippen molar-refractivity contribution in [3.05, 3.63) is 34.9 Å². The van der Waals surface area contributed by atoms with Crippen molar-refractivity contribution < 1.29 is 4.74 Å². The molecule has 0 spiro atoms. The van der Waals surface area contributed by atoms with E-state index in [1.165, 1.54) is 30.4 Å². The van der Waals surface area contributed by atoms with E-state index in [-0.39, 0.29) is 0 Å². The van der Waals surface area contributed by atoms with Crippen molar-refractivity contribution in [2.24, 2.45) is 0 Å². The van der Waals surface area contributed by atoms with E-state index in [2.05, 4.69) is 30.4 Å². The molecule has 2 rings (SSSR count). The van der Waals surface area contributed by atoms with Crippen LogP contribution in [0.2, 0.25) is 0 Å². The maximum Gasteiger partial charge on any atom is 0.0587 e. The highest BCUT2D eigenvalue weighted by atomic mass is 16.5. The van der Waals surface area contributed by atoms with Crippen molar-refractivity contribution in [3.8, 4) is 0 Å². The zero-order chi connectivity index (χ0) is 11.4. The van der Waals surface area contributed by atoms with Gasteiger partial charge in [-0.25, -0.2) is 0 Å². The minimum absolute atomic E-state index is 0.630. The quantitative estimate of drug-likeness (QED) is 0.783. The van der Waals surface area contributed by atoms with Gasteiger partial charge in [-0.15, -0.1) is 0 Å². The minimum atomic E-state index is 0.630. The van der Waals surface area contributed by atoms with E-state index in [9.17, 15) is 0 Å². The van der Waals surface area contributed by atoms with E-state index in [1.54, 1.807) is 12.7 Å². The predicted molar refractivity (Wildman–Crippen MR) is 66.9 cm³/mol. The fourth-order valence-electron chi connectivity index (χ4n) is 2.42. The second kappa shape index (κ2) is 5.46. The molecule has 0 fully saturated rings. The summed E-state index contributed by atoms with van der Waals surface area (Å²) >= 11 is 0. The molecule has 0 heterocycles. The Kier molecular flexibility index (Phi) is 3.97. The first-order chi connectivity index (χ1) is 7.79. The summed E-state index contributed by atoms with van der Waals surface area (Å²) in [5, 5.41) is 3.55. The molecule has 0 radical (unpaired) electrons. The molecule has 1 N–H and O–H groups in total. The SMILES string of the molecule is COCCNC1CCc2cc(C)ccc2C1. The Labute approximate surface area is 98.0 Å². The molecular formula is C14H21NO. The molecule has 1 aromatic carbocycles. The molecular weight excluding hydrogens is 198 g/mol. The van der Waals surface area contributed by atoms with Gasteiger partial charge in [-0.05, 0) is 37.3 Å². The summed E-state index contributed by atoms with van der Waals surface area (Å²) in [6, 6.07) is 7.47. The number of ether oxygens (including phenoxy) is 1. The average Bonchev–Trinajstić information content (AvgIpc) is 2.29. The van der Waals surface area contributed by atoms with E-state index in [0.717, 1.165) is 13.2 Å². The molecule has 1 aromatic rings. The summed E-state index contributed by atoms with van der Waals surface area (Å²) < 4.78 is 5.06. The third-order valence-corrected chi connectivity index (χ3v) is 3.33. The van der Waals surface area contributed by atoms with Gasteiger partial charge in [0.05, 0.1) is 6.61 Å². The normalized spacial score (nSPS) is 19.5. The highest BCUT2D eigenvalue weighted by Crippen LogP contribution is 2.22. The number of hydrogen-bond donors (Lipinski definition) is 1. The molecule has 2 heteroatoms. The zero-order valence-electron chi connectivity index (χ0n) is 10.3. The van der Waals surface area contributed by atoms with Crippen LogP contribution in [0.25, 0.3) is 0 Å². The molecule has 0 amide bonds. The van der Waals surface area contributed by atoms with E-state index in [1.807, 2.05) is 0 Å². The Morgan fingerprint density at radius 1 is 1.38 bits per heavy atom. The second-order valence-electron chi connectivity index (χ2n) is 4.66. The fraction of sp³-hybridized carbons (Fsp3) is 0.571. The molecule has 1 unspecified atom stereocenters. The molecule has 0 aliphatic heterocycles. The number of nitrogens with one attached hydrogen (secondary N) is 1. The fourth-order valence-corrected chi connectivity index (χ4v) is 2.42. The van der Waals surface area contributed by atoms with Gasteiger partial charge in [0.15, 0.2) is 0 Å². The Morgan fingerprint density at radius 2 is 2.25 bits per heavy atom. The topological polar surface area (TPSA) is 21.3 Å². The molecule has 0 aromatic heterocycles. The van der Waals surface area contributed by atoms with Gasteiger partial charge in [-0.2, -0.15) is 0 Å². The monoisotopic (exact) mass is 219 g/mol. The van der Waals surface area contributed by atoms with Crippen LogP contribution >= 0.6 is 0 Å². The summed E-state index contributed by atoms with van der Waals surface area (Å²) in [4.78, 5) is 0. The predicted octanol–water partition coefficient (Wildman–Crippen LogP) is 2.09. The van der Waals surface area contributed by atoms with E-state index < -0.39 is 0 Å². The standard InChI is InChI=1S/C14H21NO/c1-11-3-4-13-10-14(15-7-8-16-2)6-5-12(13)9-11/h3-4,9,14-15H,5-8,10H2,1-2H3. The lowest BCUT2D eigenvalue weighted by atomic mass is 9.87. The second-order valence-corrected chi connectivity index (χ2v) is 4.66. The van der Waals surface area contributed by atoms with Crippen LogP contribution < -0.4 is 5.32 Å². The molecule has 16 heavy (non-hydrogen) atoms. The molecule has 88 valence electrons. The third-order valence-electron chi connectivity index (χ3n) is 3.33. The summed E-state index contributed by atoms with van der Waals surface area (Å²) in [6.45, 7) is 3.93. The summed E-state index contributed by atoms with van der Waals surface area (Å²) in [5.74, 6) is 0. The van der Waals surface area contributed by atoms with Crippen LogP contribution in [0, 0.1) is 6.92 Å². The highest BCUT2D eigenvalue weighted by molar-refractivity contribution is 5.34. The molecule has 2 nitrogen and oxygen atoms in total. The zero-order valence-corrected chi connectivity index (χ0v) is 10.3. The number of methoxy groups -OCH3 is 1. The molecule has 1 aliphatic rings. The smallest absolute Gasteiger partial charge is 0.0587 e. The summed E-state index contributed by atoms with van der Waals surface area (Å²) in [6.07, 6.45) is 3.63. The molecule has 0 saturated heterocycles. The first-order valence-corrected chi connectivity index (χ1v) is 6.10. The number of benzene rings is 1. The van der Waals surface area contributed by atoms with Crippen molar-refractivity contribution in [2.75, 3.05) is 20.3 Å². The molecule has 0 saturated carbocycles. The Balaban J connectivity index is 1.93. The van der Waals surface area contributed by atoms with Crippen LogP contribution in [0.1, 0.15) is 23.1 Å². The number of fused-ring (bicyclic) bond motifs is 1. The summed E-state index contributed by atoms with van der Waals surface area (Å²) in [5.41, 5.74) is 4.45. The first-order valence-electron chi connectivity index (χ1n) is 6.10. The highest BCUT2D eigenvalue weighted by Gasteiger charge is 2.17. The van der Waals surface area contributed by atoms with Gasteiger partial charge in [0.2, 0.25) is 0 Å². The average molecular weight is 219 g/mol. The van der Waals surface area contributed by atoms with Crippen LogP contribution in [0.15, 0.2) is 18.2 Å². The van der Waals surface area contributed by atoms with Gasteiger partial charge in [-0.1, -0.05) is 23.8 Å². The van der Waals surface area contributed by atoms with E-state index in [4.69, 9.17) is 4.74 Å². The summed E-state index contributed by atoms with van der Waals surface area (Å²) in [7, 11) is 1.75. The van der Waals surface area contributed by atoms with Gasteiger partial charge in [0, 0.05) is 19.7 Å². The van der Waals surface area contributed by atoms with Gasteiger partial charge < -0.3 is 10.1 Å². The van der Waals surface area contributed by atoms with Gasteiger partial charge in [0.25, 0.3) is 0 Å². The van der Waals surface area contributed by atoms with Crippen LogP contribution in [-0.4, -0.2) is 26.3 Å². The van der Waals surface area contributed by atoms with Crippen LogP contribution in [0.3, 0.4) is 0 Å². The van der Waals surface area contributed by atoms with Crippen LogP contribution in [0.4, 0.5) is 0 Å². The van der Waals surface area contributed by atoms with Gasteiger partial charge >= 0.3 is 0 Å². The molecule has 1 aliphatic carbocycles. The lowest BCUT2D eigenvalue weighted by molar-refractivity contribution is 0.194. The van der Waals surface area contributed by atoms with E-state index >= 15 is 0 Å². The number of hydrogen-bond acceptors (Lipinski definition) is 2. The van der Waals surface area contributed by atoms with E-state index in [0.29, 0.717) is 6.04 Å². The first kappa shape index (κ1) is 11.6. The van der Waals surface area contributed by atoms with Gasteiger partial charge in [-0.3, -0.25) is 0 Å².